The summed E-state index contributed by atoms with van der Waals surface area (Å²) in [6, 6.07) is -0.122. The molecule has 0 aliphatic carbocycles. The van der Waals surface area contributed by atoms with Crippen LogP contribution in [0.25, 0.3) is 0 Å². The number of ether oxygens (including phenoxy) is 1. The van der Waals surface area contributed by atoms with Crippen molar-refractivity contribution in [3.63, 3.8) is 0 Å². The van der Waals surface area contributed by atoms with Gasteiger partial charge in [0.05, 0.1) is 0 Å². The van der Waals surface area contributed by atoms with Gasteiger partial charge in [-0.3, -0.25) is 0 Å². The van der Waals surface area contributed by atoms with E-state index in [-0.39, 0.29) is 6.07 Å². The van der Waals surface area contributed by atoms with Gasteiger partial charge in [-0.25, -0.2) is 13.8 Å². The Kier molecular flexibility index (Phi) is 3.77. The second kappa shape index (κ2) is 4.70. The maximum absolute atomic E-state index is 12.3. The van der Waals surface area contributed by atoms with Gasteiger partial charge in [0, 0.05) is 6.07 Å². The minimum atomic E-state index is -5.46. The van der Waals surface area contributed by atoms with Crippen LogP contribution in [0.15, 0.2) is 6.07 Å². The molecule has 0 aromatic carbocycles. The normalized spacial score (nSPS) is 12.9. The molecule has 3 nitrogen and oxygen atoms in total. The SMILES string of the molecule is Oc1c(OC(F)(F)F)cc(C(F)F)nc1C(F)(F)F. The molecule has 1 heterocycles. The highest BCUT2D eigenvalue weighted by molar-refractivity contribution is 5.45. The number of hydrogen-bond donors (Lipinski definition) is 1. The van der Waals surface area contributed by atoms with Crippen LogP contribution in [0.4, 0.5) is 35.1 Å². The van der Waals surface area contributed by atoms with Crippen molar-refractivity contribution in [2.75, 3.05) is 0 Å². The molecule has 0 radical (unpaired) electrons. The number of rotatable bonds is 2. The number of halogens is 8. The molecule has 1 N–H and O–H groups in total. The fourth-order valence-corrected chi connectivity index (χ4v) is 1.05. The molecule has 0 fully saturated rings. The monoisotopic (exact) mass is 297 g/mol. The average Bonchev–Trinajstić information content (AvgIpc) is 2.16. The third kappa shape index (κ3) is 3.83. The molecule has 0 aliphatic rings. The summed E-state index contributed by atoms with van der Waals surface area (Å²) >= 11 is 0. The molecule has 0 atom stereocenters. The highest BCUT2D eigenvalue weighted by atomic mass is 19.4. The number of hydrogen-bond acceptors (Lipinski definition) is 3. The van der Waals surface area contributed by atoms with Gasteiger partial charge in [0.2, 0.25) is 0 Å². The maximum Gasteiger partial charge on any atom is 0.573 e. The molecule has 0 saturated heterocycles. The van der Waals surface area contributed by atoms with Crippen LogP contribution >= 0.6 is 0 Å². The summed E-state index contributed by atoms with van der Waals surface area (Å²) in [5, 5.41) is 8.94. The van der Waals surface area contributed by atoms with E-state index in [1.165, 1.54) is 0 Å². The second-order valence-electron chi connectivity index (χ2n) is 3.09. The average molecular weight is 297 g/mol. The Morgan fingerprint density at radius 1 is 1.11 bits per heavy atom. The predicted octanol–water partition coefficient (Wildman–Crippen LogP) is 3.64. The van der Waals surface area contributed by atoms with Gasteiger partial charge in [-0.05, 0) is 0 Å². The Bertz CT molecular complexity index is 467. The topological polar surface area (TPSA) is 42.4 Å². The first-order chi connectivity index (χ1) is 8.42. The highest BCUT2D eigenvalue weighted by Gasteiger charge is 2.41. The smallest absolute Gasteiger partial charge is 0.503 e. The number of aromatic hydroxyl groups is 1. The van der Waals surface area contributed by atoms with Crippen molar-refractivity contribution in [3.05, 3.63) is 17.5 Å². The van der Waals surface area contributed by atoms with Gasteiger partial charge in [0.15, 0.2) is 17.2 Å². The van der Waals surface area contributed by atoms with E-state index in [0.717, 1.165) is 0 Å². The summed E-state index contributed by atoms with van der Waals surface area (Å²) in [5.74, 6) is -3.82. The van der Waals surface area contributed by atoms with Gasteiger partial charge in [-0.15, -0.1) is 13.2 Å². The van der Waals surface area contributed by atoms with Crippen molar-refractivity contribution >= 4 is 0 Å². The van der Waals surface area contributed by atoms with E-state index < -0.39 is 41.9 Å². The van der Waals surface area contributed by atoms with E-state index in [9.17, 15) is 35.1 Å². The lowest BCUT2D eigenvalue weighted by atomic mass is 10.2. The Morgan fingerprint density at radius 3 is 2.00 bits per heavy atom. The summed E-state index contributed by atoms with van der Waals surface area (Å²) in [5.41, 5.74) is -3.89. The Morgan fingerprint density at radius 2 is 1.63 bits per heavy atom. The summed E-state index contributed by atoms with van der Waals surface area (Å²) in [6.45, 7) is 0. The Balaban J connectivity index is 3.42. The number of pyridine rings is 1. The zero-order chi connectivity index (χ0) is 15.0. The molecule has 108 valence electrons. The third-order valence-electron chi connectivity index (χ3n) is 1.70. The first-order valence-electron chi connectivity index (χ1n) is 4.27. The standard InChI is InChI=1S/C8H3F8NO2/c9-6(10)2-1-3(19-8(14,15)16)4(18)5(17-2)7(11,12)13/h1,6,18H. The molecule has 1 aromatic rings. The van der Waals surface area contributed by atoms with E-state index >= 15 is 0 Å². The summed E-state index contributed by atoms with van der Waals surface area (Å²) in [4.78, 5) is 2.36. The first kappa shape index (κ1) is 15.2. The van der Waals surface area contributed by atoms with Crippen molar-refractivity contribution < 1.29 is 45.0 Å². The van der Waals surface area contributed by atoms with Crippen molar-refractivity contribution in [1.29, 1.82) is 0 Å². The number of aromatic nitrogens is 1. The summed E-state index contributed by atoms with van der Waals surface area (Å²) in [6.07, 6.45) is -14.4. The molecule has 0 unspecified atom stereocenters. The van der Waals surface area contributed by atoms with Crippen LogP contribution in [0, 0.1) is 0 Å². The number of alkyl halides is 8. The summed E-state index contributed by atoms with van der Waals surface area (Å²) in [7, 11) is 0. The zero-order valence-electron chi connectivity index (χ0n) is 8.48. The maximum atomic E-state index is 12.3. The molecule has 0 saturated carbocycles. The zero-order valence-corrected chi connectivity index (χ0v) is 8.48. The minimum absolute atomic E-state index is 0.122. The van der Waals surface area contributed by atoms with Crippen LogP contribution in [-0.2, 0) is 6.18 Å². The van der Waals surface area contributed by atoms with Crippen LogP contribution in [0.2, 0.25) is 0 Å². The van der Waals surface area contributed by atoms with Gasteiger partial charge >= 0.3 is 12.5 Å². The minimum Gasteiger partial charge on any atom is -0.503 e. The molecule has 0 spiro atoms. The van der Waals surface area contributed by atoms with Gasteiger partial charge in [0.1, 0.15) is 5.69 Å². The molecule has 11 heteroatoms. The van der Waals surface area contributed by atoms with Crippen molar-refractivity contribution in [3.8, 4) is 11.5 Å². The highest BCUT2D eigenvalue weighted by Crippen LogP contribution is 2.42. The fourth-order valence-electron chi connectivity index (χ4n) is 1.05. The van der Waals surface area contributed by atoms with E-state index in [0.29, 0.717) is 0 Å². The van der Waals surface area contributed by atoms with Gasteiger partial charge < -0.3 is 9.84 Å². The van der Waals surface area contributed by atoms with Crippen LogP contribution in [-0.4, -0.2) is 16.5 Å². The van der Waals surface area contributed by atoms with Crippen molar-refractivity contribution in [2.24, 2.45) is 0 Å². The first-order valence-corrected chi connectivity index (χ1v) is 4.27. The van der Waals surface area contributed by atoms with Crippen LogP contribution in [0.1, 0.15) is 17.8 Å². The van der Waals surface area contributed by atoms with E-state index in [2.05, 4.69) is 9.72 Å². The molecule has 0 amide bonds. The van der Waals surface area contributed by atoms with Crippen molar-refractivity contribution in [1.82, 2.24) is 4.98 Å². The molecule has 19 heavy (non-hydrogen) atoms. The molecule has 1 rings (SSSR count). The van der Waals surface area contributed by atoms with Crippen molar-refractivity contribution in [2.45, 2.75) is 19.0 Å². The third-order valence-corrected chi connectivity index (χ3v) is 1.70. The lowest BCUT2D eigenvalue weighted by Crippen LogP contribution is -2.19. The van der Waals surface area contributed by atoms with E-state index in [4.69, 9.17) is 5.11 Å². The van der Waals surface area contributed by atoms with E-state index in [1.807, 2.05) is 0 Å². The van der Waals surface area contributed by atoms with Crippen LogP contribution in [0.5, 0.6) is 11.5 Å². The van der Waals surface area contributed by atoms with Crippen LogP contribution in [0.3, 0.4) is 0 Å². The molecule has 1 aromatic heterocycles. The Hall–Kier alpha value is -1.81. The molecule has 0 aliphatic heterocycles. The number of nitrogens with zero attached hydrogens (tertiary/aromatic N) is 1. The Labute approximate surface area is 99.0 Å². The fraction of sp³-hybridized carbons (Fsp3) is 0.375. The lowest BCUT2D eigenvalue weighted by molar-refractivity contribution is -0.275. The van der Waals surface area contributed by atoms with Crippen LogP contribution < -0.4 is 4.74 Å². The predicted molar refractivity (Wildman–Crippen MR) is 42.5 cm³/mol. The van der Waals surface area contributed by atoms with E-state index in [1.54, 1.807) is 0 Å². The molecule has 0 bridgehead atoms. The quantitative estimate of drug-likeness (QED) is 0.847. The molecular formula is C8H3F8NO2. The molecular weight excluding hydrogens is 294 g/mol. The van der Waals surface area contributed by atoms with Gasteiger partial charge in [-0.2, -0.15) is 13.2 Å². The van der Waals surface area contributed by atoms with Gasteiger partial charge in [0.25, 0.3) is 6.43 Å². The largest absolute Gasteiger partial charge is 0.573 e. The van der Waals surface area contributed by atoms with Gasteiger partial charge in [-0.1, -0.05) is 0 Å². The lowest BCUT2D eigenvalue weighted by Gasteiger charge is -2.15. The summed E-state index contributed by atoms with van der Waals surface area (Å²) < 4.78 is 100.0. The second-order valence-corrected chi connectivity index (χ2v) is 3.09.